The van der Waals surface area contributed by atoms with Gasteiger partial charge in [-0.05, 0) is 50.2 Å². The number of ether oxygens (including phenoxy) is 1. The number of nitrogens with one attached hydrogen (secondary N) is 1. The van der Waals surface area contributed by atoms with Gasteiger partial charge in [0.15, 0.2) is 0 Å². The van der Waals surface area contributed by atoms with Gasteiger partial charge in [-0.2, -0.15) is 5.10 Å². The third-order valence-corrected chi connectivity index (χ3v) is 5.50. The number of carbonyl (C=O) groups excluding carboxylic acids is 1. The second kappa shape index (κ2) is 7.95. The average Bonchev–Trinajstić information content (AvgIpc) is 3.09. The van der Waals surface area contributed by atoms with E-state index in [2.05, 4.69) is 26.3 Å². The molecule has 2 aromatic carbocycles. The molecule has 0 saturated heterocycles. The average molecular weight is 469 g/mol. The number of aromatic nitrogens is 3. The first kappa shape index (κ1) is 20.2. The Morgan fingerprint density at radius 1 is 1.13 bits per heavy atom. The van der Waals surface area contributed by atoms with Crippen molar-refractivity contribution in [3.63, 3.8) is 0 Å². The van der Waals surface area contributed by atoms with Crippen molar-refractivity contribution in [1.29, 1.82) is 0 Å². The van der Waals surface area contributed by atoms with E-state index in [1.807, 2.05) is 60.7 Å². The van der Waals surface area contributed by atoms with Gasteiger partial charge in [-0.25, -0.2) is 4.68 Å². The topological polar surface area (TPSA) is 77.6 Å². The van der Waals surface area contributed by atoms with Crippen LogP contribution in [0.1, 0.15) is 17.0 Å². The van der Waals surface area contributed by atoms with Crippen LogP contribution in [0, 0.1) is 13.8 Å². The lowest BCUT2D eigenvalue weighted by Gasteiger charge is -2.11. The number of carbonyl (C=O) groups is 1. The smallest absolute Gasteiger partial charge is 0.291 e. The summed E-state index contributed by atoms with van der Waals surface area (Å²) in [5.74, 6) is 1.02. The van der Waals surface area contributed by atoms with Crippen molar-refractivity contribution in [2.45, 2.75) is 26.9 Å². The Morgan fingerprint density at radius 2 is 1.93 bits per heavy atom. The van der Waals surface area contributed by atoms with Crippen LogP contribution in [0.2, 0.25) is 0 Å². The Morgan fingerprint density at radius 3 is 2.70 bits per heavy atom. The molecular formula is C22H21BrN4O3. The van der Waals surface area contributed by atoms with Gasteiger partial charge in [0, 0.05) is 22.0 Å². The first-order valence-corrected chi connectivity index (χ1v) is 10.3. The molecule has 4 aromatic rings. The molecule has 0 aliphatic rings. The molecule has 8 heteroatoms. The van der Waals surface area contributed by atoms with Gasteiger partial charge in [0.25, 0.3) is 5.56 Å². The zero-order chi connectivity index (χ0) is 21.4. The van der Waals surface area contributed by atoms with E-state index in [0.29, 0.717) is 17.1 Å². The van der Waals surface area contributed by atoms with Gasteiger partial charge in [-0.15, -0.1) is 0 Å². The molecule has 1 N–H and O–H groups in total. The molecule has 154 valence electrons. The molecule has 0 aliphatic heterocycles. The largest absolute Gasteiger partial charge is 0.496 e. The number of nitrogens with zero attached hydrogens (tertiary/aromatic N) is 3. The second-order valence-electron chi connectivity index (χ2n) is 7.17. The van der Waals surface area contributed by atoms with E-state index in [1.165, 1.54) is 4.68 Å². The summed E-state index contributed by atoms with van der Waals surface area (Å²) in [5, 5.41) is 8.17. The van der Waals surface area contributed by atoms with Crippen LogP contribution in [-0.4, -0.2) is 27.2 Å². The summed E-state index contributed by atoms with van der Waals surface area (Å²) >= 11 is 3.42. The molecule has 2 heterocycles. The number of hydrogen-bond acceptors (Lipinski definition) is 4. The molecule has 0 radical (unpaired) electrons. The van der Waals surface area contributed by atoms with E-state index in [0.717, 1.165) is 26.5 Å². The van der Waals surface area contributed by atoms with E-state index in [-0.39, 0.29) is 24.6 Å². The van der Waals surface area contributed by atoms with E-state index < -0.39 is 0 Å². The van der Waals surface area contributed by atoms with Gasteiger partial charge in [-0.3, -0.25) is 14.0 Å². The molecule has 30 heavy (non-hydrogen) atoms. The van der Waals surface area contributed by atoms with Crippen molar-refractivity contribution in [2.24, 2.45) is 0 Å². The number of hydrogen-bond donors (Lipinski definition) is 1. The normalized spacial score (nSPS) is 11.2. The van der Waals surface area contributed by atoms with Crippen LogP contribution in [0.15, 0.2) is 51.7 Å². The SMILES string of the molecule is COc1ccc(Br)cc1CNC(=O)Cn1nc(C)n2c(cc3cc(C)ccc32)c1=O. The van der Waals surface area contributed by atoms with E-state index in [4.69, 9.17) is 4.74 Å². The standard InChI is InChI=1S/C22H21BrN4O3/c1-13-4-6-18-15(8-13)10-19-22(29)26(25-14(2)27(18)19)12-21(28)24-11-16-9-17(23)5-7-20(16)30-3/h4-10H,11-12H2,1-3H3,(H,24,28). The van der Waals surface area contributed by atoms with Crippen LogP contribution in [0.5, 0.6) is 5.75 Å². The third-order valence-electron chi connectivity index (χ3n) is 5.01. The molecule has 0 saturated carbocycles. The number of aryl methyl sites for hydroxylation is 2. The predicted octanol–water partition coefficient (Wildman–Crippen LogP) is 3.35. The monoisotopic (exact) mass is 468 g/mol. The lowest BCUT2D eigenvalue weighted by molar-refractivity contribution is -0.122. The van der Waals surface area contributed by atoms with Crippen molar-refractivity contribution >= 4 is 38.3 Å². The first-order valence-electron chi connectivity index (χ1n) is 9.46. The Hall–Kier alpha value is -3.13. The predicted molar refractivity (Wildman–Crippen MR) is 119 cm³/mol. The van der Waals surface area contributed by atoms with Crippen LogP contribution in [0.3, 0.4) is 0 Å². The molecule has 0 bridgehead atoms. The molecule has 2 aromatic heterocycles. The third kappa shape index (κ3) is 3.70. The molecule has 4 rings (SSSR count). The summed E-state index contributed by atoms with van der Waals surface area (Å²) in [6.45, 7) is 3.96. The molecular weight excluding hydrogens is 448 g/mol. The molecule has 0 aliphatic carbocycles. The van der Waals surface area contributed by atoms with Crippen molar-refractivity contribution in [2.75, 3.05) is 7.11 Å². The number of amides is 1. The summed E-state index contributed by atoms with van der Waals surface area (Å²) < 4.78 is 9.26. The maximum Gasteiger partial charge on any atom is 0.291 e. The highest BCUT2D eigenvalue weighted by molar-refractivity contribution is 9.10. The van der Waals surface area contributed by atoms with Gasteiger partial charge in [-0.1, -0.05) is 27.6 Å². The van der Waals surface area contributed by atoms with E-state index in [9.17, 15) is 9.59 Å². The lowest BCUT2D eigenvalue weighted by atomic mass is 10.2. The van der Waals surface area contributed by atoms with Gasteiger partial charge in [0.1, 0.15) is 23.6 Å². The fraction of sp³-hybridized carbons (Fsp3) is 0.227. The number of rotatable bonds is 5. The highest BCUT2D eigenvalue weighted by Crippen LogP contribution is 2.23. The van der Waals surface area contributed by atoms with Gasteiger partial charge < -0.3 is 10.1 Å². The maximum atomic E-state index is 13.0. The number of benzene rings is 2. The number of halogens is 1. The van der Waals surface area contributed by atoms with Crippen molar-refractivity contribution in [3.05, 3.63) is 74.2 Å². The molecule has 0 atom stereocenters. The highest BCUT2D eigenvalue weighted by Gasteiger charge is 2.14. The minimum absolute atomic E-state index is 0.160. The summed E-state index contributed by atoms with van der Waals surface area (Å²) in [6.07, 6.45) is 0. The Kier molecular flexibility index (Phi) is 5.34. The molecule has 1 amide bonds. The van der Waals surface area contributed by atoms with Crippen LogP contribution in [0.4, 0.5) is 0 Å². The summed E-state index contributed by atoms with van der Waals surface area (Å²) in [7, 11) is 1.58. The minimum Gasteiger partial charge on any atom is -0.496 e. The minimum atomic E-state index is -0.303. The fourth-order valence-electron chi connectivity index (χ4n) is 3.62. The Bertz CT molecular complexity index is 1340. The number of fused-ring (bicyclic) bond motifs is 3. The van der Waals surface area contributed by atoms with Gasteiger partial charge >= 0.3 is 0 Å². The fourth-order valence-corrected chi connectivity index (χ4v) is 4.02. The van der Waals surface area contributed by atoms with Crippen LogP contribution in [-0.2, 0) is 17.9 Å². The van der Waals surface area contributed by atoms with Crippen molar-refractivity contribution in [1.82, 2.24) is 19.5 Å². The maximum absolute atomic E-state index is 13.0. The molecule has 0 unspecified atom stereocenters. The Balaban J connectivity index is 1.60. The zero-order valence-electron chi connectivity index (χ0n) is 16.9. The molecule has 0 spiro atoms. The van der Waals surface area contributed by atoms with E-state index in [1.54, 1.807) is 7.11 Å². The summed E-state index contributed by atoms with van der Waals surface area (Å²) in [6, 6.07) is 13.4. The van der Waals surface area contributed by atoms with E-state index >= 15 is 0 Å². The Labute approximate surface area is 181 Å². The molecule has 0 fully saturated rings. The second-order valence-corrected chi connectivity index (χ2v) is 8.09. The van der Waals surface area contributed by atoms with Crippen LogP contribution >= 0.6 is 15.9 Å². The summed E-state index contributed by atoms with van der Waals surface area (Å²) in [4.78, 5) is 25.5. The van der Waals surface area contributed by atoms with Crippen LogP contribution < -0.4 is 15.6 Å². The van der Waals surface area contributed by atoms with Gasteiger partial charge in [0.2, 0.25) is 5.91 Å². The number of methoxy groups -OCH3 is 1. The lowest BCUT2D eigenvalue weighted by Crippen LogP contribution is -2.34. The van der Waals surface area contributed by atoms with Crippen molar-refractivity contribution < 1.29 is 9.53 Å². The van der Waals surface area contributed by atoms with Crippen LogP contribution in [0.25, 0.3) is 16.4 Å². The first-order chi connectivity index (χ1) is 14.4. The summed E-state index contributed by atoms with van der Waals surface area (Å²) in [5.41, 5.74) is 3.08. The highest BCUT2D eigenvalue weighted by atomic mass is 79.9. The quantitative estimate of drug-likeness (QED) is 0.487. The van der Waals surface area contributed by atoms with Gasteiger partial charge in [0.05, 0.1) is 12.6 Å². The molecule has 7 nitrogen and oxygen atoms in total. The van der Waals surface area contributed by atoms with Crippen molar-refractivity contribution in [3.8, 4) is 5.75 Å². The zero-order valence-corrected chi connectivity index (χ0v) is 18.5.